The van der Waals surface area contributed by atoms with E-state index < -0.39 is 11.6 Å². The SMILES string of the molecule is Cn1c(=O)n(CC2CCN(C(=O)Cc3ccc(F)cc3F)CC2)c2ncccc21. The number of aromatic nitrogens is 3. The highest BCUT2D eigenvalue weighted by Crippen LogP contribution is 2.21. The number of halogens is 2. The van der Waals surface area contributed by atoms with E-state index in [-0.39, 0.29) is 29.5 Å². The van der Waals surface area contributed by atoms with Crippen LogP contribution in [0.4, 0.5) is 8.78 Å². The molecule has 4 rings (SSSR count). The highest BCUT2D eigenvalue weighted by atomic mass is 19.1. The van der Waals surface area contributed by atoms with Crippen LogP contribution in [0, 0.1) is 17.6 Å². The molecule has 0 N–H and O–H groups in total. The Bertz CT molecular complexity index is 1110. The van der Waals surface area contributed by atoms with Gasteiger partial charge in [0.25, 0.3) is 0 Å². The van der Waals surface area contributed by atoms with Crippen LogP contribution in [0.5, 0.6) is 0 Å². The van der Waals surface area contributed by atoms with Gasteiger partial charge in [-0.15, -0.1) is 0 Å². The second-order valence-electron chi connectivity index (χ2n) is 7.54. The summed E-state index contributed by atoms with van der Waals surface area (Å²) in [5.41, 5.74) is 1.58. The molecule has 1 saturated heterocycles. The van der Waals surface area contributed by atoms with Crippen molar-refractivity contribution in [2.75, 3.05) is 13.1 Å². The van der Waals surface area contributed by atoms with Crippen LogP contribution in [0.1, 0.15) is 18.4 Å². The summed E-state index contributed by atoms with van der Waals surface area (Å²) in [6.07, 6.45) is 3.11. The highest BCUT2D eigenvalue weighted by Gasteiger charge is 2.25. The molecule has 152 valence electrons. The number of hydrogen-bond acceptors (Lipinski definition) is 3. The van der Waals surface area contributed by atoms with E-state index >= 15 is 0 Å². The lowest BCUT2D eigenvalue weighted by molar-refractivity contribution is -0.131. The molecular formula is C21H22F2N4O2. The van der Waals surface area contributed by atoms with E-state index in [9.17, 15) is 18.4 Å². The standard InChI is InChI=1S/C21H22F2N4O2/c1-25-18-3-2-8-24-20(18)27(21(25)29)13-14-6-9-26(10-7-14)19(28)11-15-4-5-16(22)12-17(15)23/h2-5,8,12,14H,6-7,9-11,13H2,1H3. The third kappa shape index (κ3) is 3.79. The first-order valence-corrected chi connectivity index (χ1v) is 9.66. The van der Waals surface area contributed by atoms with Crippen molar-refractivity contribution >= 4 is 17.1 Å². The number of likely N-dealkylation sites (tertiary alicyclic amines) is 1. The van der Waals surface area contributed by atoms with Gasteiger partial charge in [0.1, 0.15) is 11.6 Å². The van der Waals surface area contributed by atoms with Crippen LogP contribution in [-0.4, -0.2) is 38.0 Å². The maximum atomic E-state index is 13.8. The van der Waals surface area contributed by atoms with Crippen LogP contribution < -0.4 is 5.69 Å². The number of rotatable bonds is 4. The molecule has 6 nitrogen and oxygen atoms in total. The summed E-state index contributed by atoms with van der Waals surface area (Å²) >= 11 is 0. The van der Waals surface area contributed by atoms with Crippen molar-refractivity contribution in [3.63, 3.8) is 0 Å². The van der Waals surface area contributed by atoms with Crippen molar-refractivity contribution in [2.45, 2.75) is 25.8 Å². The van der Waals surface area contributed by atoms with Crippen molar-refractivity contribution in [3.05, 3.63) is 64.2 Å². The van der Waals surface area contributed by atoms with Crippen molar-refractivity contribution in [2.24, 2.45) is 13.0 Å². The number of piperidine rings is 1. The maximum absolute atomic E-state index is 13.8. The van der Waals surface area contributed by atoms with Gasteiger partial charge in [0, 0.05) is 38.9 Å². The molecule has 0 spiro atoms. The molecule has 1 aliphatic rings. The molecule has 1 amide bonds. The molecule has 0 atom stereocenters. The molecule has 1 aliphatic heterocycles. The summed E-state index contributed by atoms with van der Waals surface area (Å²) in [7, 11) is 1.73. The molecule has 1 fully saturated rings. The fourth-order valence-electron chi connectivity index (χ4n) is 3.96. The van der Waals surface area contributed by atoms with E-state index in [0.717, 1.165) is 30.5 Å². The number of pyridine rings is 1. The van der Waals surface area contributed by atoms with Crippen LogP contribution in [0.15, 0.2) is 41.3 Å². The lowest BCUT2D eigenvalue weighted by atomic mass is 9.96. The zero-order chi connectivity index (χ0) is 20.5. The number of imidazole rings is 1. The molecule has 0 saturated carbocycles. The van der Waals surface area contributed by atoms with E-state index in [0.29, 0.717) is 25.3 Å². The van der Waals surface area contributed by atoms with E-state index in [1.807, 2.05) is 6.07 Å². The van der Waals surface area contributed by atoms with Gasteiger partial charge >= 0.3 is 5.69 Å². The van der Waals surface area contributed by atoms with Crippen LogP contribution in [0.25, 0.3) is 11.2 Å². The molecule has 3 aromatic rings. The molecule has 29 heavy (non-hydrogen) atoms. The number of aryl methyl sites for hydroxylation is 1. The molecule has 0 aliphatic carbocycles. The van der Waals surface area contributed by atoms with E-state index in [4.69, 9.17) is 0 Å². The third-order valence-corrected chi connectivity index (χ3v) is 5.67. The summed E-state index contributed by atoms with van der Waals surface area (Å²) in [6.45, 7) is 1.67. The number of benzene rings is 1. The number of hydrogen-bond donors (Lipinski definition) is 0. The Labute approximate surface area is 166 Å². The summed E-state index contributed by atoms with van der Waals surface area (Å²) in [5, 5.41) is 0. The zero-order valence-corrected chi connectivity index (χ0v) is 16.1. The first-order valence-electron chi connectivity index (χ1n) is 9.66. The van der Waals surface area contributed by atoms with E-state index in [1.165, 1.54) is 6.07 Å². The Morgan fingerprint density at radius 3 is 2.69 bits per heavy atom. The first kappa shape index (κ1) is 19.3. The number of carbonyl (C=O) groups excluding carboxylic acids is 1. The summed E-state index contributed by atoms with van der Waals surface area (Å²) in [4.78, 5) is 31.1. The van der Waals surface area contributed by atoms with Crippen LogP contribution >= 0.6 is 0 Å². The Morgan fingerprint density at radius 2 is 1.97 bits per heavy atom. The predicted octanol–water partition coefficient (Wildman–Crippen LogP) is 2.49. The fraction of sp³-hybridized carbons (Fsp3) is 0.381. The van der Waals surface area contributed by atoms with Crippen LogP contribution in [0.3, 0.4) is 0 Å². The van der Waals surface area contributed by atoms with Crippen LogP contribution in [0.2, 0.25) is 0 Å². The lowest BCUT2D eigenvalue weighted by Crippen LogP contribution is -2.40. The fourth-order valence-corrected chi connectivity index (χ4v) is 3.96. The molecular weight excluding hydrogens is 378 g/mol. The largest absolute Gasteiger partial charge is 0.342 e. The van der Waals surface area contributed by atoms with Crippen molar-refractivity contribution < 1.29 is 13.6 Å². The summed E-state index contributed by atoms with van der Waals surface area (Å²) < 4.78 is 30.1. The maximum Gasteiger partial charge on any atom is 0.330 e. The van der Waals surface area contributed by atoms with Gasteiger partial charge in [0.2, 0.25) is 5.91 Å². The number of carbonyl (C=O) groups is 1. The summed E-state index contributed by atoms with van der Waals surface area (Å²) in [5.74, 6) is -1.27. The molecule has 3 heterocycles. The monoisotopic (exact) mass is 400 g/mol. The quantitative estimate of drug-likeness (QED) is 0.676. The molecule has 2 aromatic heterocycles. The van der Waals surface area contributed by atoms with E-state index in [1.54, 1.807) is 33.3 Å². The zero-order valence-electron chi connectivity index (χ0n) is 16.1. The second-order valence-corrected chi connectivity index (χ2v) is 7.54. The minimum Gasteiger partial charge on any atom is -0.342 e. The molecule has 0 unspecified atom stereocenters. The number of nitrogens with zero attached hydrogens (tertiary/aromatic N) is 4. The lowest BCUT2D eigenvalue weighted by Gasteiger charge is -2.32. The molecule has 0 bridgehead atoms. The van der Waals surface area contributed by atoms with Gasteiger partial charge in [0.15, 0.2) is 5.65 Å². The first-order chi connectivity index (χ1) is 13.9. The average Bonchev–Trinajstić information content (AvgIpc) is 2.96. The minimum absolute atomic E-state index is 0.0799. The topological polar surface area (TPSA) is 60.1 Å². The highest BCUT2D eigenvalue weighted by molar-refractivity contribution is 5.79. The van der Waals surface area contributed by atoms with Crippen molar-refractivity contribution in [1.29, 1.82) is 0 Å². The minimum atomic E-state index is -0.698. The van der Waals surface area contributed by atoms with Crippen molar-refractivity contribution in [3.8, 4) is 0 Å². The summed E-state index contributed by atoms with van der Waals surface area (Å²) in [6, 6.07) is 6.95. The molecule has 1 aromatic carbocycles. The molecule has 0 radical (unpaired) electrons. The van der Waals surface area contributed by atoms with Gasteiger partial charge in [0.05, 0.1) is 11.9 Å². The predicted molar refractivity (Wildman–Crippen MR) is 104 cm³/mol. The van der Waals surface area contributed by atoms with Gasteiger partial charge < -0.3 is 4.90 Å². The van der Waals surface area contributed by atoms with Crippen molar-refractivity contribution in [1.82, 2.24) is 19.0 Å². The Kier molecular flexibility index (Phi) is 5.17. The van der Waals surface area contributed by atoms with E-state index in [2.05, 4.69) is 4.98 Å². The Hall–Kier alpha value is -3.03. The smallest absolute Gasteiger partial charge is 0.330 e. The number of fused-ring (bicyclic) bond motifs is 1. The van der Waals surface area contributed by atoms with Gasteiger partial charge in [-0.1, -0.05) is 6.07 Å². The molecule has 8 heteroatoms. The van der Waals surface area contributed by atoms with Gasteiger partial charge in [-0.25, -0.2) is 18.6 Å². The van der Waals surface area contributed by atoms with Gasteiger partial charge in [-0.3, -0.25) is 13.9 Å². The average molecular weight is 400 g/mol. The van der Waals surface area contributed by atoms with Gasteiger partial charge in [-0.2, -0.15) is 0 Å². The Morgan fingerprint density at radius 1 is 1.21 bits per heavy atom. The Balaban J connectivity index is 1.39. The normalized spacial score (nSPS) is 15.2. The van der Waals surface area contributed by atoms with Crippen LogP contribution in [-0.2, 0) is 24.8 Å². The van der Waals surface area contributed by atoms with Gasteiger partial charge in [-0.05, 0) is 42.5 Å². The third-order valence-electron chi connectivity index (χ3n) is 5.67. The second kappa shape index (κ2) is 7.77. The number of amides is 1.